The monoisotopic (exact) mass is 437 g/mol. The smallest absolute Gasteiger partial charge is 0.316 e. The molecule has 1 aromatic carbocycles. The van der Waals surface area contributed by atoms with Crippen LogP contribution in [0, 0.1) is 11.8 Å². The minimum Gasteiger partial charge on any atom is -0.503 e. The van der Waals surface area contributed by atoms with Crippen molar-refractivity contribution in [1.82, 2.24) is 5.32 Å². The van der Waals surface area contributed by atoms with Crippen LogP contribution in [0.5, 0.6) is 11.5 Å². The van der Waals surface area contributed by atoms with Crippen LogP contribution in [0.3, 0.4) is 0 Å². The second-order valence-corrected chi connectivity index (χ2v) is 7.65. The minimum atomic E-state index is -0.895. The number of hydrogen-bond donors (Lipinski definition) is 2. The third-order valence-corrected chi connectivity index (χ3v) is 5.73. The second-order valence-electron chi connectivity index (χ2n) is 6.80. The number of carbonyl (C=O) groups excluding carboxylic acids is 3. The lowest BCUT2D eigenvalue weighted by atomic mass is 9.70. The summed E-state index contributed by atoms with van der Waals surface area (Å²) in [6, 6.07) is 3.26. The van der Waals surface area contributed by atoms with Gasteiger partial charge >= 0.3 is 5.97 Å². The van der Waals surface area contributed by atoms with Crippen molar-refractivity contribution in [1.29, 1.82) is 0 Å². The van der Waals surface area contributed by atoms with Crippen LogP contribution in [0.1, 0.15) is 31.2 Å². The first-order chi connectivity index (χ1) is 12.8. The molecule has 0 radical (unpaired) electrons. The Bertz CT molecular complexity index is 862. The standard InChI is InChI=1S/C19H20BrNO6/c1-8-4-12-16(18(24)15(8)19(25)27-3)10(7-14(22)21-12)9-5-11(20)17(23)13(6-9)26-2/h5-6,8,10,15,23H,4,7H2,1-3H3,(H,21,22)/t8-,10-,15+/m1/s1. The molecule has 1 aliphatic carbocycles. The van der Waals surface area contributed by atoms with E-state index in [1.165, 1.54) is 14.2 Å². The minimum absolute atomic E-state index is 0.0627. The summed E-state index contributed by atoms with van der Waals surface area (Å²) in [5, 5.41) is 12.8. The zero-order chi connectivity index (χ0) is 19.9. The van der Waals surface area contributed by atoms with Gasteiger partial charge < -0.3 is 19.9 Å². The molecule has 0 fully saturated rings. The van der Waals surface area contributed by atoms with Crippen molar-refractivity contribution in [2.24, 2.45) is 11.8 Å². The number of benzene rings is 1. The number of hydrogen-bond acceptors (Lipinski definition) is 6. The number of phenols is 1. The van der Waals surface area contributed by atoms with Crippen LogP contribution < -0.4 is 10.1 Å². The van der Waals surface area contributed by atoms with Crippen molar-refractivity contribution in [3.8, 4) is 11.5 Å². The third kappa shape index (κ3) is 3.34. The van der Waals surface area contributed by atoms with Gasteiger partial charge in [-0.2, -0.15) is 0 Å². The number of nitrogens with one attached hydrogen (secondary N) is 1. The molecule has 2 aliphatic rings. The number of amides is 1. The van der Waals surface area contributed by atoms with E-state index in [1.807, 2.05) is 0 Å². The van der Waals surface area contributed by atoms with Gasteiger partial charge in [-0.1, -0.05) is 6.92 Å². The third-order valence-electron chi connectivity index (χ3n) is 5.12. The second kappa shape index (κ2) is 7.34. The van der Waals surface area contributed by atoms with Crippen molar-refractivity contribution >= 4 is 33.6 Å². The van der Waals surface area contributed by atoms with Crippen molar-refractivity contribution < 1.29 is 29.0 Å². The molecule has 1 aromatic rings. The Morgan fingerprint density at radius 2 is 1.96 bits per heavy atom. The number of ether oxygens (including phenoxy) is 2. The highest BCUT2D eigenvalue weighted by Gasteiger charge is 2.45. The first-order valence-electron chi connectivity index (χ1n) is 8.49. The van der Waals surface area contributed by atoms with Gasteiger partial charge in [0, 0.05) is 23.6 Å². The van der Waals surface area contributed by atoms with E-state index >= 15 is 0 Å². The molecule has 2 N–H and O–H groups in total. The fraction of sp³-hybridized carbons (Fsp3) is 0.421. The Balaban J connectivity index is 2.12. The van der Waals surface area contributed by atoms with Crippen LogP contribution in [0.25, 0.3) is 0 Å². The van der Waals surface area contributed by atoms with E-state index < -0.39 is 17.8 Å². The largest absolute Gasteiger partial charge is 0.503 e. The summed E-state index contributed by atoms with van der Waals surface area (Å²) < 4.78 is 10.4. The highest BCUT2D eigenvalue weighted by atomic mass is 79.9. The van der Waals surface area contributed by atoms with Crippen LogP contribution in [0.2, 0.25) is 0 Å². The van der Waals surface area contributed by atoms with Crippen LogP contribution in [-0.2, 0) is 19.1 Å². The average molecular weight is 438 g/mol. The Morgan fingerprint density at radius 3 is 2.59 bits per heavy atom. The molecule has 3 rings (SSSR count). The predicted molar refractivity (Wildman–Crippen MR) is 99.2 cm³/mol. The zero-order valence-electron chi connectivity index (χ0n) is 15.2. The van der Waals surface area contributed by atoms with Gasteiger partial charge in [0.1, 0.15) is 5.92 Å². The van der Waals surface area contributed by atoms with Crippen molar-refractivity contribution in [3.05, 3.63) is 33.4 Å². The molecular weight excluding hydrogens is 418 g/mol. The summed E-state index contributed by atoms with van der Waals surface area (Å²) in [5.74, 6) is -2.63. The summed E-state index contributed by atoms with van der Waals surface area (Å²) in [6.45, 7) is 1.79. The highest BCUT2D eigenvalue weighted by Crippen LogP contribution is 2.45. The molecule has 1 amide bonds. The quantitative estimate of drug-likeness (QED) is 0.555. The lowest BCUT2D eigenvalue weighted by Gasteiger charge is -2.36. The number of allylic oxidation sites excluding steroid dienone is 2. The predicted octanol–water partition coefficient (Wildman–Crippen LogP) is 2.42. The Kier molecular flexibility index (Phi) is 5.28. The summed E-state index contributed by atoms with van der Waals surface area (Å²) in [4.78, 5) is 37.6. The number of Topliss-reactive ketones (excluding diaryl/α,β-unsaturated/α-hetero) is 1. The number of halogens is 1. The van der Waals surface area contributed by atoms with Gasteiger partial charge in [-0.05, 0) is 46.0 Å². The number of phenolic OH excluding ortho intramolecular Hbond substituents is 1. The lowest BCUT2D eigenvalue weighted by molar-refractivity contribution is -0.151. The Hall–Kier alpha value is -2.35. The van der Waals surface area contributed by atoms with E-state index in [0.717, 1.165) is 0 Å². The van der Waals surface area contributed by atoms with Crippen LogP contribution in [-0.4, -0.2) is 37.0 Å². The zero-order valence-corrected chi connectivity index (χ0v) is 16.8. The molecule has 0 spiro atoms. The van der Waals surface area contributed by atoms with Crippen LogP contribution in [0.15, 0.2) is 27.9 Å². The molecule has 0 saturated heterocycles. The summed E-state index contributed by atoms with van der Waals surface area (Å²) in [5.41, 5.74) is 1.62. The number of aromatic hydroxyl groups is 1. The van der Waals surface area contributed by atoms with E-state index in [4.69, 9.17) is 9.47 Å². The Labute approximate surface area is 164 Å². The molecule has 1 aliphatic heterocycles. The van der Waals surface area contributed by atoms with E-state index in [1.54, 1.807) is 19.1 Å². The summed E-state index contributed by atoms with van der Waals surface area (Å²) >= 11 is 3.27. The van der Waals surface area contributed by atoms with Crippen molar-refractivity contribution in [2.45, 2.75) is 25.7 Å². The van der Waals surface area contributed by atoms with Gasteiger partial charge in [0.2, 0.25) is 5.91 Å². The van der Waals surface area contributed by atoms with Gasteiger partial charge in [-0.3, -0.25) is 14.4 Å². The molecule has 0 aromatic heterocycles. The number of rotatable bonds is 3. The molecule has 1 heterocycles. The van der Waals surface area contributed by atoms with Crippen molar-refractivity contribution in [2.75, 3.05) is 14.2 Å². The van der Waals surface area contributed by atoms with Gasteiger partial charge in [-0.25, -0.2) is 0 Å². The fourth-order valence-corrected chi connectivity index (χ4v) is 4.29. The molecular formula is C19H20BrNO6. The molecule has 144 valence electrons. The number of carbonyl (C=O) groups is 3. The normalized spacial score (nSPS) is 25.0. The van der Waals surface area contributed by atoms with Crippen molar-refractivity contribution in [3.63, 3.8) is 0 Å². The molecule has 3 atom stereocenters. The topological polar surface area (TPSA) is 102 Å². The van der Waals surface area contributed by atoms with Gasteiger partial charge in [-0.15, -0.1) is 0 Å². The summed E-state index contributed by atoms with van der Waals surface area (Å²) in [6.07, 6.45) is 0.465. The average Bonchev–Trinajstić information content (AvgIpc) is 2.62. The summed E-state index contributed by atoms with van der Waals surface area (Å²) in [7, 11) is 2.68. The Morgan fingerprint density at radius 1 is 1.26 bits per heavy atom. The highest BCUT2D eigenvalue weighted by molar-refractivity contribution is 9.10. The molecule has 0 saturated carbocycles. The SMILES string of the molecule is COC(=O)[C@@H]1C(=O)C2=C(C[C@H]1C)NC(=O)C[C@@H]2c1cc(Br)c(O)c(OC)c1. The first-order valence-corrected chi connectivity index (χ1v) is 9.29. The molecule has 8 heteroatoms. The number of esters is 1. The molecule has 27 heavy (non-hydrogen) atoms. The molecule has 0 bridgehead atoms. The molecule has 7 nitrogen and oxygen atoms in total. The van der Waals surface area contributed by atoms with Gasteiger partial charge in [0.15, 0.2) is 17.3 Å². The van der Waals surface area contributed by atoms with E-state index in [9.17, 15) is 19.5 Å². The number of methoxy groups -OCH3 is 2. The van der Waals surface area contributed by atoms with Gasteiger partial charge in [0.05, 0.1) is 18.7 Å². The van der Waals surface area contributed by atoms with Gasteiger partial charge in [0.25, 0.3) is 0 Å². The van der Waals surface area contributed by atoms with E-state index in [-0.39, 0.29) is 35.5 Å². The van der Waals surface area contributed by atoms with Crippen LogP contribution >= 0.6 is 15.9 Å². The van der Waals surface area contributed by atoms with E-state index in [0.29, 0.717) is 27.7 Å². The number of ketones is 1. The maximum Gasteiger partial charge on any atom is 0.316 e. The van der Waals surface area contributed by atoms with E-state index in [2.05, 4.69) is 21.2 Å². The van der Waals surface area contributed by atoms with Crippen LogP contribution in [0.4, 0.5) is 0 Å². The lowest BCUT2D eigenvalue weighted by Crippen LogP contribution is -2.44. The fourth-order valence-electron chi connectivity index (χ4n) is 3.83. The molecule has 0 unspecified atom stereocenters. The maximum absolute atomic E-state index is 13.2. The maximum atomic E-state index is 13.2. The first kappa shape index (κ1) is 19.4.